The number of nitrogens with zero attached hydrogens (tertiary/aromatic N) is 1. The molecule has 2 saturated heterocycles. The van der Waals surface area contributed by atoms with E-state index in [1.54, 1.807) is 0 Å². The maximum Gasteiger partial charge on any atom is 0.0783 e. The van der Waals surface area contributed by atoms with E-state index < -0.39 is 0 Å². The molecule has 0 saturated carbocycles. The van der Waals surface area contributed by atoms with Gasteiger partial charge in [0.25, 0.3) is 0 Å². The summed E-state index contributed by atoms with van der Waals surface area (Å²) < 4.78 is 6.17. The topological polar surface area (TPSA) is 34.2 Å². The van der Waals surface area contributed by atoms with Crippen LogP contribution in [0.25, 0.3) is 0 Å². The highest BCUT2D eigenvalue weighted by molar-refractivity contribution is 7.99. The second-order valence-corrected chi connectivity index (χ2v) is 7.64. The molecule has 3 heterocycles. The van der Waals surface area contributed by atoms with Gasteiger partial charge in [-0.2, -0.15) is 11.8 Å². The molecule has 1 spiro atoms. The average molecular weight is 306 g/mol. The lowest BCUT2D eigenvalue weighted by Crippen LogP contribution is -2.43. The fourth-order valence-electron chi connectivity index (χ4n) is 3.93. The Labute approximate surface area is 132 Å². The minimum absolute atomic E-state index is 0.153. The van der Waals surface area contributed by atoms with Crippen LogP contribution in [0.2, 0.25) is 0 Å². The summed E-state index contributed by atoms with van der Waals surface area (Å²) in [5.74, 6) is 3.09. The Hall–Kier alpha value is -0.580. The quantitative estimate of drug-likeness (QED) is 0.929. The molecule has 21 heavy (non-hydrogen) atoms. The minimum Gasteiger partial charge on any atom is -0.374 e. The average Bonchev–Trinajstić information content (AvgIpc) is 2.86. The Morgan fingerprint density at radius 1 is 1.38 bits per heavy atom. The van der Waals surface area contributed by atoms with Gasteiger partial charge in [-0.3, -0.25) is 4.98 Å². The van der Waals surface area contributed by atoms with E-state index in [0.29, 0.717) is 12.0 Å². The Morgan fingerprint density at radius 2 is 2.14 bits per heavy atom. The van der Waals surface area contributed by atoms with Crippen LogP contribution in [0.15, 0.2) is 12.1 Å². The number of pyridine rings is 1. The number of hydrogen-bond acceptors (Lipinski definition) is 4. The van der Waals surface area contributed by atoms with Crippen molar-refractivity contribution in [1.29, 1.82) is 0 Å². The smallest absolute Gasteiger partial charge is 0.0783 e. The summed E-state index contributed by atoms with van der Waals surface area (Å²) in [6.07, 6.45) is 3.56. The zero-order valence-corrected chi connectivity index (χ0v) is 14.1. The molecule has 2 fully saturated rings. The Kier molecular flexibility index (Phi) is 4.57. The molecule has 2 aliphatic rings. The maximum atomic E-state index is 6.17. The van der Waals surface area contributed by atoms with Gasteiger partial charge in [-0.15, -0.1) is 0 Å². The van der Waals surface area contributed by atoms with Crippen molar-refractivity contribution in [1.82, 2.24) is 10.3 Å². The molecule has 116 valence electrons. The largest absolute Gasteiger partial charge is 0.374 e. The second-order valence-electron chi connectivity index (χ2n) is 6.54. The van der Waals surface area contributed by atoms with Crippen LogP contribution in [0, 0.1) is 19.8 Å². The number of aromatic nitrogens is 1. The van der Waals surface area contributed by atoms with Crippen molar-refractivity contribution in [3.8, 4) is 0 Å². The van der Waals surface area contributed by atoms with Crippen molar-refractivity contribution in [3.05, 3.63) is 29.1 Å². The molecular formula is C17H26N2OS. The fourth-order valence-corrected chi connectivity index (χ4v) is 5.31. The van der Waals surface area contributed by atoms with Gasteiger partial charge in [-0.1, -0.05) is 0 Å². The first-order chi connectivity index (χ1) is 10.1. The second kappa shape index (κ2) is 6.27. The molecule has 4 heteroatoms. The van der Waals surface area contributed by atoms with E-state index in [-0.39, 0.29) is 5.60 Å². The molecule has 0 bridgehead atoms. The number of nitrogens with one attached hydrogen (secondary N) is 1. The molecule has 3 rings (SSSR count). The van der Waals surface area contributed by atoms with Crippen molar-refractivity contribution in [2.45, 2.75) is 44.8 Å². The lowest BCUT2D eigenvalue weighted by Gasteiger charge is -2.41. The third-order valence-corrected chi connectivity index (χ3v) is 6.07. The van der Waals surface area contributed by atoms with Crippen molar-refractivity contribution >= 4 is 11.8 Å². The first-order valence-corrected chi connectivity index (χ1v) is 9.11. The molecular weight excluding hydrogens is 280 g/mol. The lowest BCUT2D eigenvalue weighted by molar-refractivity contribution is -0.0850. The van der Waals surface area contributed by atoms with Crippen LogP contribution >= 0.6 is 11.8 Å². The third kappa shape index (κ3) is 3.27. The van der Waals surface area contributed by atoms with E-state index in [4.69, 9.17) is 4.74 Å². The normalized spacial score (nSPS) is 30.7. The van der Waals surface area contributed by atoms with Gasteiger partial charge in [0.2, 0.25) is 0 Å². The van der Waals surface area contributed by atoms with Crippen LogP contribution in [0.4, 0.5) is 0 Å². The molecule has 3 atom stereocenters. The number of hydrogen-bond donors (Lipinski definition) is 1. The monoisotopic (exact) mass is 306 g/mol. The van der Waals surface area contributed by atoms with Gasteiger partial charge in [-0.05, 0) is 69.5 Å². The van der Waals surface area contributed by atoms with Crippen LogP contribution in [0.3, 0.4) is 0 Å². The number of thioether (sulfide) groups is 1. The van der Waals surface area contributed by atoms with Crippen molar-refractivity contribution < 1.29 is 4.74 Å². The third-order valence-electron chi connectivity index (χ3n) is 4.84. The van der Waals surface area contributed by atoms with Gasteiger partial charge >= 0.3 is 0 Å². The summed E-state index contributed by atoms with van der Waals surface area (Å²) in [4.78, 5) is 4.51. The predicted octanol–water partition coefficient (Wildman–Crippen LogP) is 3.26. The highest BCUT2D eigenvalue weighted by Gasteiger charge is 2.42. The van der Waals surface area contributed by atoms with E-state index in [9.17, 15) is 0 Å². The zero-order chi connectivity index (χ0) is 14.9. The van der Waals surface area contributed by atoms with E-state index >= 15 is 0 Å². The summed E-state index contributed by atoms with van der Waals surface area (Å²) in [5, 5.41) is 3.56. The molecule has 0 aliphatic carbocycles. The standard InChI is InChI=1S/C17H26N2OS/c1-12-8-15(9-13(2)19-12)16(18-3)14-4-6-20-17(10-14)5-7-21-11-17/h8-9,14,16,18H,4-7,10-11H2,1-3H3. The van der Waals surface area contributed by atoms with Gasteiger partial charge in [-0.25, -0.2) is 0 Å². The molecule has 3 unspecified atom stereocenters. The predicted molar refractivity (Wildman–Crippen MR) is 88.9 cm³/mol. The van der Waals surface area contributed by atoms with Crippen LogP contribution in [-0.4, -0.2) is 35.7 Å². The van der Waals surface area contributed by atoms with E-state index in [1.165, 1.54) is 29.9 Å². The Bertz CT molecular complexity index is 479. The zero-order valence-electron chi connectivity index (χ0n) is 13.3. The summed E-state index contributed by atoms with van der Waals surface area (Å²) in [6, 6.07) is 4.89. The minimum atomic E-state index is 0.153. The van der Waals surface area contributed by atoms with Crippen LogP contribution < -0.4 is 5.32 Å². The molecule has 2 aliphatic heterocycles. The molecule has 3 nitrogen and oxygen atoms in total. The maximum absolute atomic E-state index is 6.17. The summed E-state index contributed by atoms with van der Waals surface area (Å²) >= 11 is 2.05. The first-order valence-electron chi connectivity index (χ1n) is 7.96. The Morgan fingerprint density at radius 3 is 2.76 bits per heavy atom. The van der Waals surface area contributed by atoms with Gasteiger partial charge in [0.15, 0.2) is 0 Å². The van der Waals surface area contributed by atoms with Crippen molar-refractivity contribution in [2.24, 2.45) is 5.92 Å². The molecule has 1 N–H and O–H groups in total. The van der Waals surface area contributed by atoms with E-state index in [1.807, 2.05) is 11.8 Å². The van der Waals surface area contributed by atoms with E-state index in [0.717, 1.165) is 24.4 Å². The number of rotatable bonds is 3. The van der Waals surface area contributed by atoms with Crippen LogP contribution in [-0.2, 0) is 4.74 Å². The molecule has 0 amide bonds. The first kappa shape index (κ1) is 15.3. The molecule has 0 radical (unpaired) electrons. The van der Waals surface area contributed by atoms with Crippen molar-refractivity contribution in [3.63, 3.8) is 0 Å². The van der Waals surface area contributed by atoms with Crippen LogP contribution in [0.1, 0.15) is 42.3 Å². The van der Waals surface area contributed by atoms with Crippen molar-refractivity contribution in [2.75, 3.05) is 25.2 Å². The lowest BCUT2D eigenvalue weighted by atomic mass is 9.79. The number of aryl methyl sites for hydroxylation is 2. The molecule has 1 aromatic heterocycles. The summed E-state index contributed by atoms with van der Waals surface area (Å²) in [6.45, 7) is 5.08. The highest BCUT2D eigenvalue weighted by atomic mass is 32.2. The summed E-state index contributed by atoms with van der Waals surface area (Å²) in [5.41, 5.74) is 3.77. The van der Waals surface area contributed by atoms with Gasteiger partial charge in [0, 0.05) is 29.8 Å². The van der Waals surface area contributed by atoms with Crippen LogP contribution in [0.5, 0.6) is 0 Å². The van der Waals surface area contributed by atoms with Gasteiger partial charge < -0.3 is 10.1 Å². The Balaban J connectivity index is 1.82. The van der Waals surface area contributed by atoms with Gasteiger partial charge in [0.05, 0.1) is 5.60 Å². The number of ether oxygens (including phenoxy) is 1. The summed E-state index contributed by atoms with van der Waals surface area (Å²) in [7, 11) is 2.08. The SMILES string of the molecule is CNC(c1cc(C)nc(C)c1)C1CCOC2(CCSC2)C1. The van der Waals surface area contributed by atoms with Gasteiger partial charge in [0.1, 0.15) is 0 Å². The molecule has 1 aromatic rings. The highest BCUT2D eigenvalue weighted by Crippen LogP contribution is 2.44. The molecule has 0 aromatic carbocycles. The fraction of sp³-hybridized carbons (Fsp3) is 0.706. The van der Waals surface area contributed by atoms with E-state index in [2.05, 4.69) is 43.3 Å².